The first-order valence-corrected chi connectivity index (χ1v) is 6.86. The molecule has 3 heteroatoms. The van der Waals surface area contributed by atoms with Crippen molar-refractivity contribution >= 4 is 5.91 Å². The Balaban J connectivity index is 3.98. The van der Waals surface area contributed by atoms with Gasteiger partial charge in [0.05, 0.1) is 6.07 Å². The molecular formula is C14H26N2O. The van der Waals surface area contributed by atoms with E-state index in [0.717, 1.165) is 25.8 Å². The molecule has 0 spiro atoms. The van der Waals surface area contributed by atoms with Crippen molar-refractivity contribution in [3.63, 3.8) is 0 Å². The molecule has 1 amide bonds. The van der Waals surface area contributed by atoms with E-state index in [1.54, 1.807) is 0 Å². The van der Waals surface area contributed by atoms with Crippen molar-refractivity contribution < 1.29 is 4.79 Å². The Morgan fingerprint density at radius 2 is 1.94 bits per heavy atom. The van der Waals surface area contributed by atoms with E-state index in [1.807, 2.05) is 6.92 Å². The summed E-state index contributed by atoms with van der Waals surface area (Å²) in [4.78, 5) is 11.7. The van der Waals surface area contributed by atoms with E-state index in [2.05, 4.69) is 25.2 Å². The quantitative estimate of drug-likeness (QED) is 0.670. The van der Waals surface area contributed by atoms with Crippen LogP contribution in [0.15, 0.2) is 0 Å². The van der Waals surface area contributed by atoms with E-state index in [0.29, 0.717) is 12.3 Å². The predicted octanol–water partition coefficient (Wildman–Crippen LogP) is 3.26. The van der Waals surface area contributed by atoms with Gasteiger partial charge in [-0.05, 0) is 18.8 Å². The number of amides is 1. The number of nitriles is 1. The third kappa shape index (κ3) is 6.99. The summed E-state index contributed by atoms with van der Waals surface area (Å²) in [7, 11) is 0. The molecule has 0 bridgehead atoms. The molecule has 0 fully saturated rings. The summed E-state index contributed by atoms with van der Waals surface area (Å²) >= 11 is 0. The lowest BCUT2D eigenvalue weighted by molar-refractivity contribution is -0.123. The Kier molecular flexibility index (Phi) is 9.52. The minimum absolute atomic E-state index is 0.0932. The van der Waals surface area contributed by atoms with Gasteiger partial charge in [-0.1, -0.05) is 46.5 Å². The molecule has 0 heterocycles. The van der Waals surface area contributed by atoms with Crippen LogP contribution in [0.4, 0.5) is 0 Å². The molecule has 2 atom stereocenters. The SMILES string of the molecule is CCCCC(CC)CNC(=O)C(C#N)CCC. The van der Waals surface area contributed by atoms with Crippen LogP contribution in [0, 0.1) is 23.2 Å². The molecule has 0 radical (unpaired) electrons. The summed E-state index contributed by atoms with van der Waals surface area (Å²) in [5, 5.41) is 11.8. The van der Waals surface area contributed by atoms with Crippen LogP contribution < -0.4 is 5.32 Å². The maximum Gasteiger partial charge on any atom is 0.237 e. The lowest BCUT2D eigenvalue weighted by Gasteiger charge is -2.16. The van der Waals surface area contributed by atoms with E-state index >= 15 is 0 Å². The second kappa shape index (κ2) is 10.1. The summed E-state index contributed by atoms with van der Waals surface area (Å²) in [6, 6.07) is 2.08. The van der Waals surface area contributed by atoms with E-state index in [1.165, 1.54) is 12.8 Å². The van der Waals surface area contributed by atoms with Crippen LogP contribution >= 0.6 is 0 Å². The molecule has 1 N–H and O–H groups in total. The lowest BCUT2D eigenvalue weighted by atomic mass is 9.98. The number of unbranched alkanes of at least 4 members (excludes halogenated alkanes) is 1. The molecule has 0 aliphatic carbocycles. The molecule has 0 saturated heterocycles. The Morgan fingerprint density at radius 1 is 1.24 bits per heavy atom. The van der Waals surface area contributed by atoms with Gasteiger partial charge in [-0.15, -0.1) is 0 Å². The maximum absolute atomic E-state index is 11.7. The van der Waals surface area contributed by atoms with Crippen LogP contribution in [0.2, 0.25) is 0 Å². The monoisotopic (exact) mass is 238 g/mol. The number of carbonyl (C=O) groups excluding carboxylic acids is 1. The molecular weight excluding hydrogens is 212 g/mol. The molecule has 0 saturated carbocycles. The van der Waals surface area contributed by atoms with Crippen LogP contribution in [-0.2, 0) is 4.79 Å². The Labute approximate surface area is 106 Å². The van der Waals surface area contributed by atoms with Crippen molar-refractivity contribution in [1.82, 2.24) is 5.32 Å². The van der Waals surface area contributed by atoms with Crippen molar-refractivity contribution in [2.45, 2.75) is 59.3 Å². The molecule has 2 unspecified atom stereocenters. The first kappa shape index (κ1) is 16.0. The molecule has 0 aromatic heterocycles. The first-order chi connectivity index (χ1) is 8.19. The van der Waals surface area contributed by atoms with Gasteiger partial charge in [0.2, 0.25) is 5.91 Å². The van der Waals surface area contributed by atoms with E-state index in [4.69, 9.17) is 5.26 Å². The smallest absolute Gasteiger partial charge is 0.237 e. The van der Waals surface area contributed by atoms with Gasteiger partial charge in [0, 0.05) is 6.54 Å². The van der Waals surface area contributed by atoms with Gasteiger partial charge < -0.3 is 5.32 Å². The van der Waals surface area contributed by atoms with E-state index < -0.39 is 5.92 Å². The van der Waals surface area contributed by atoms with Gasteiger partial charge >= 0.3 is 0 Å². The Morgan fingerprint density at radius 3 is 2.41 bits per heavy atom. The second-order valence-corrected chi connectivity index (χ2v) is 4.63. The predicted molar refractivity (Wildman–Crippen MR) is 70.3 cm³/mol. The fraction of sp³-hybridized carbons (Fsp3) is 0.857. The summed E-state index contributed by atoms with van der Waals surface area (Å²) in [6.07, 6.45) is 6.20. The molecule has 3 nitrogen and oxygen atoms in total. The highest BCUT2D eigenvalue weighted by atomic mass is 16.1. The summed E-state index contributed by atoms with van der Waals surface area (Å²) in [5.74, 6) is -0.00662. The molecule has 0 aliphatic heterocycles. The third-order valence-corrected chi connectivity index (χ3v) is 3.16. The van der Waals surface area contributed by atoms with Crippen molar-refractivity contribution in [2.75, 3.05) is 6.54 Å². The topological polar surface area (TPSA) is 52.9 Å². The minimum Gasteiger partial charge on any atom is -0.355 e. The number of carbonyl (C=O) groups is 1. The average molecular weight is 238 g/mol. The van der Waals surface area contributed by atoms with Crippen molar-refractivity contribution in [3.05, 3.63) is 0 Å². The highest BCUT2D eigenvalue weighted by molar-refractivity contribution is 5.80. The van der Waals surface area contributed by atoms with Gasteiger partial charge in [-0.25, -0.2) is 0 Å². The zero-order valence-electron chi connectivity index (χ0n) is 11.5. The first-order valence-electron chi connectivity index (χ1n) is 6.86. The number of nitrogens with one attached hydrogen (secondary N) is 1. The van der Waals surface area contributed by atoms with Gasteiger partial charge in [0.25, 0.3) is 0 Å². The van der Waals surface area contributed by atoms with E-state index in [9.17, 15) is 4.79 Å². The molecule has 0 aromatic carbocycles. The van der Waals surface area contributed by atoms with Gasteiger partial charge in [0.1, 0.15) is 5.92 Å². The summed E-state index contributed by atoms with van der Waals surface area (Å²) < 4.78 is 0. The molecule has 17 heavy (non-hydrogen) atoms. The zero-order chi connectivity index (χ0) is 13.1. The van der Waals surface area contributed by atoms with Crippen molar-refractivity contribution in [2.24, 2.45) is 11.8 Å². The highest BCUT2D eigenvalue weighted by Crippen LogP contribution is 2.12. The van der Waals surface area contributed by atoms with Crippen LogP contribution in [0.5, 0.6) is 0 Å². The normalized spacial score (nSPS) is 13.8. The van der Waals surface area contributed by atoms with Crippen molar-refractivity contribution in [1.29, 1.82) is 5.26 Å². The minimum atomic E-state index is -0.469. The standard InChI is InChI=1S/C14H26N2O/c1-4-7-9-12(6-3)11-16-14(17)13(10-15)8-5-2/h12-13H,4-9,11H2,1-3H3,(H,16,17). The van der Waals surface area contributed by atoms with Crippen molar-refractivity contribution in [3.8, 4) is 6.07 Å². The number of rotatable bonds is 9. The number of hydrogen-bond donors (Lipinski definition) is 1. The highest BCUT2D eigenvalue weighted by Gasteiger charge is 2.17. The number of hydrogen-bond acceptors (Lipinski definition) is 2. The van der Waals surface area contributed by atoms with Crippen LogP contribution in [0.3, 0.4) is 0 Å². The molecule has 0 aliphatic rings. The third-order valence-electron chi connectivity index (χ3n) is 3.16. The van der Waals surface area contributed by atoms with Gasteiger partial charge in [-0.2, -0.15) is 5.26 Å². The van der Waals surface area contributed by atoms with Crippen LogP contribution in [-0.4, -0.2) is 12.5 Å². The second-order valence-electron chi connectivity index (χ2n) is 4.63. The molecule has 0 rings (SSSR count). The van der Waals surface area contributed by atoms with Crippen LogP contribution in [0.1, 0.15) is 59.3 Å². The maximum atomic E-state index is 11.7. The fourth-order valence-corrected chi connectivity index (χ4v) is 1.85. The summed E-state index contributed by atoms with van der Waals surface area (Å²) in [5.41, 5.74) is 0. The van der Waals surface area contributed by atoms with E-state index in [-0.39, 0.29) is 5.91 Å². The largest absolute Gasteiger partial charge is 0.355 e. The van der Waals surface area contributed by atoms with Gasteiger partial charge in [0.15, 0.2) is 0 Å². The molecule has 98 valence electrons. The summed E-state index contributed by atoms with van der Waals surface area (Å²) in [6.45, 7) is 7.05. The Bertz CT molecular complexity index is 245. The molecule has 0 aromatic rings. The fourth-order valence-electron chi connectivity index (χ4n) is 1.85. The average Bonchev–Trinajstić information content (AvgIpc) is 2.35. The zero-order valence-corrected chi connectivity index (χ0v) is 11.5. The number of nitrogens with zero attached hydrogens (tertiary/aromatic N) is 1. The van der Waals surface area contributed by atoms with Gasteiger partial charge in [-0.3, -0.25) is 4.79 Å². The van der Waals surface area contributed by atoms with Crippen LogP contribution in [0.25, 0.3) is 0 Å². The Hall–Kier alpha value is -1.04. The lowest BCUT2D eigenvalue weighted by Crippen LogP contribution is -2.33.